The van der Waals surface area contributed by atoms with Crippen LogP contribution in [0, 0.1) is 0 Å². The number of anilines is 1. The van der Waals surface area contributed by atoms with Gasteiger partial charge in [-0.15, -0.1) is 6.58 Å². The van der Waals surface area contributed by atoms with Crippen LogP contribution < -0.4 is 15.2 Å². The van der Waals surface area contributed by atoms with Crippen LogP contribution in [0.2, 0.25) is 0 Å². The summed E-state index contributed by atoms with van der Waals surface area (Å²) in [6.45, 7) is 6.14. The Labute approximate surface area is 124 Å². The van der Waals surface area contributed by atoms with Crippen molar-refractivity contribution >= 4 is 27.5 Å². The quantitative estimate of drug-likeness (QED) is 0.413. The highest BCUT2D eigenvalue weighted by Crippen LogP contribution is 2.26. The molecule has 0 fully saturated rings. The molecule has 0 atom stereocenters. The van der Waals surface area contributed by atoms with Gasteiger partial charge in [-0.1, -0.05) is 6.08 Å². The molecule has 0 aliphatic heterocycles. The van der Waals surface area contributed by atoms with Crippen molar-refractivity contribution in [1.82, 2.24) is 4.72 Å². The first kappa shape index (κ1) is 16.9. The monoisotopic (exact) mass is 316 g/mol. The molecule has 7 heteroatoms. The van der Waals surface area contributed by atoms with E-state index in [1.54, 1.807) is 36.9 Å². The number of benzene rings is 1. The molecule has 5 nitrogen and oxygen atoms in total. The van der Waals surface area contributed by atoms with Crippen molar-refractivity contribution in [2.75, 3.05) is 30.4 Å². The zero-order valence-electron chi connectivity index (χ0n) is 11.5. The summed E-state index contributed by atoms with van der Waals surface area (Å²) in [6, 6.07) is 4.59. The fourth-order valence-corrected chi connectivity index (χ4v) is 3.42. The summed E-state index contributed by atoms with van der Waals surface area (Å²) >= 11 is 1.61. The third-order valence-corrected chi connectivity index (χ3v) is 4.78. The van der Waals surface area contributed by atoms with E-state index in [9.17, 15) is 8.42 Å². The van der Waals surface area contributed by atoms with E-state index in [1.807, 2.05) is 0 Å². The van der Waals surface area contributed by atoms with Gasteiger partial charge in [-0.3, -0.25) is 0 Å². The number of hydrogen-bond donors (Lipinski definition) is 2. The average Bonchev–Trinajstić information content (AvgIpc) is 2.40. The van der Waals surface area contributed by atoms with E-state index in [1.165, 1.54) is 6.07 Å². The van der Waals surface area contributed by atoms with Gasteiger partial charge in [-0.25, -0.2) is 13.1 Å². The van der Waals surface area contributed by atoms with E-state index in [-0.39, 0.29) is 4.90 Å². The van der Waals surface area contributed by atoms with E-state index >= 15 is 0 Å². The molecule has 1 aromatic rings. The predicted molar refractivity (Wildman–Crippen MR) is 84.7 cm³/mol. The molecule has 0 spiro atoms. The number of ether oxygens (including phenoxy) is 1. The highest BCUT2D eigenvalue weighted by Gasteiger charge is 2.19. The normalized spacial score (nSPS) is 11.2. The van der Waals surface area contributed by atoms with Crippen LogP contribution in [0.25, 0.3) is 0 Å². The molecule has 0 heterocycles. The van der Waals surface area contributed by atoms with Gasteiger partial charge in [0, 0.05) is 23.7 Å². The number of thioether (sulfide) groups is 1. The Morgan fingerprint density at radius 1 is 1.50 bits per heavy atom. The molecule has 20 heavy (non-hydrogen) atoms. The maximum absolute atomic E-state index is 12.2. The van der Waals surface area contributed by atoms with Crippen molar-refractivity contribution in [1.29, 1.82) is 0 Å². The number of nitrogens with one attached hydrogen (secondary N) is 1. The Bertz CT molecular complexity index is 545. The molecule has 1 aromatic carbocycles. The molecule has 0 aliphatic rings. The Morgan fingerprint density at radius 3 is 2.90 bits per heavy atom. The summed E-state index contributed by atoms with van der Waals surface area (Å²) in [4.78, 5) is 0.0769. The lowest BCUT2D eigenvalue weighted by Gasteiger charge is -2.12. The first-order chi connectivity index (χ1) is 9.51. The lowest BCUT2D eigenvalue weighted by molar-refractivity contribution is 0.331. The minimum atomic E-state index is -3.62. The fourth-order valence-electron chi connectivity index (χ4n) is 1.50. The summed E-state index contributed by atoms with van der Waals surface area (Å²) in [6.07, 6.45) is 1.78. The van der Waals surface area contributed by atoms with Crippen LogP contribution in [0.3, 0.4) is 0 Å². The largest absolute Gasteiger partial charge is 0.492 e. The standard InChI is InChI=1S/C13H20N2O3S2/c1-3-8-19-9-7-15-20(16,17)13-10-11(14)5-6-12(13)18-4-2/h3,5-6,10,15H,1,4,7-9,14H2,2H3. The molecule has 0 amide bonds. The number of hydrogen-bond acceptors (Lipinski definition) is 5. The second-order valence-electron chi connectivity index (χ2n) is 3.90. The van der Waals surface area contributed by atoms with Gasteiger partial charge in [0.1, 0.15) is 10.6 Å². The van der Waals surface area contributed by atoms with Crippen LogP contribution in [0.5, 0.6) is 5.75 Å². The van der Waals surface area contributed by atoms with Gasteiger partial charge >= 0.3 is 0 Å². The van der Waals surface area contributed by atoms with Gasteiger partial charge in [0.15, 0.2) is 0 Å². The summed E-state index contributed by atoms with van der Waals surface area (Å²) in [5.41, 5.74) is 6.04. The van der Waals surface area contributed by atoms with Crippen molar-refractivity contribution in [3.05, 3.63) is 30.9 Å². The topological polar surface area (TPSA) is 81.4 Å². The van der Waals surface area contributed by atoms with Gasteiger partial charge in [-0.2, -0.15) is 11.8 Å². The van der Waals surface area contributed by atoms with E-state index in [0.717, 1.165) is 5.75 Å². The van der Waals surface area contributed by atoms with Gasteiger partial charge in [-0.05, 0) is 25.1 Å². The molecule has 0 saturated heterocycles. The van der Waals surface area contributed by atoms with Crippen LogP contribution in [-0.2, 0) is 10.0 Å². The molecular formula is C13H20N2O3S2. The van der Waals surface area contributed by atoms with Crippen molar-refractivity contribution < 1.29 is 13.2 Å². The number of nitrogens with two attached hydrogens (primary N) is 1. The smallest absolute Gasteiger partial charge is 0.244 e. The Hall–Kier alpha value is -1.18. The van der Waals surface area contributed by atoms with E-state index in [0.29, 0.717) is 30.3 Å². The summed E-state index contributed by atoms with van der Waals surface area (Å²) in [5, 5.41) is 0. The van der Waals surface area contributed by atoms with Gasteiger partial charge in [0.2, 0.25) is 10.0 Å². The molecule has 0 aliphatic carbocycles. The molecule has 3 N–H and O–H groups in total. The zero-order chi connectivity index (χ0) is 15.0. The lowest BCUT2D eigenvalue weighted by atomic mass is 10.3. The van der Waals surface area contributed by atoms with Crippen molar-refractivity contribution in [2.45, 2.75) is 11.8 Å². The molecule has 112 valence electrons. The SMILES string of the molecule is C=CCSCCNS(=O)(=O)c1cc(N)ccc1OCC. The number of sulfonamides is 1. The molecule has 0 radical (unpaired) electrons. The summed E-state index contributed by atoms with van der Waals surface area (Å²) in [7, 11) is -3.62. The molecular weight excluding hydrogens is 296 g/mol. The lowest BCUT2D eigenvalue weighted by Crippen LogP contribution is -2.26. The predicted octanol–water partition coefficient (Wildman–Crippen LogP) is 1.87. The van der Waals surface area contributed by atoms with E-state index < -0.39 is 10.0 Å². The minimum Gasteiger partial charge on any atom is -0.492 e. The van der Waals surface area contributed by atoms with Crippen LogP contribution in [0.1, 0.15) is 6.92 Å². The zero-order valence-corrected chi connectivity index (χ0v) is 13.1. The van der Waals surface area contributed by atoms with E-state index in [4.69, 9.17) is 10.5 Å². The first-order valence-electron chi connectivity index (χ1n) is 6.22. The third kappa shape index (κ3) is 5.07. The first-order valence-corrected chi connectivity index (χ1v) is 8.85. The minimum absolute atomic E-state index is 0.0769. The Balaban J connectivity index is 2.80. The van der Waals surface area contributed by atoms with Crippen molar-refractivity contribution in [3.8, 4) is 5.75 Å². The molecule has 0 saturated carbocycles. The van der Waals surface area contributed by atoms with Crippen LogP contribution in [0.15, 0.2) is 35.7 Å². The number of nitrogen functional groups attached to an aromatic ring is 1. The second-order valence-corrected chi connectivity index (χ2v) is 6.79. The highest BCUT2D eigenvalue weighted by atomic mass is 32.2. The maximum atomic E-state index is 12.2. The van der Waals surface area contributed by atoms with Crippen molar-refractivity contribution in [3.63, 3.8) is 0 Å². The third-order valence-electron chi connectivity index (χ3n) is 2.33. The molecule has 0 unspecified atom stereocenters. The molecule has 1 rings (SSSR count). The Morgan fingerprint density at radius 2 is 2.25 bits per heavy atom. The summed E-state index contributed by atoms with van der Waals surface area (Å²) < 4.78 is 32.3. The van der Waals surface area contributed by atoms with Gasteiger partial charge in [0.25, 0.3) is 0 Å². The fraction of sp³-hybridized carbons (Fsp3) is 0.385. The number of rotatable bonds is 9. The van der Waals surface area contributed by atoms with Crippen molar-refractivity contribution in [2.24, 2.45) is 0 Å². The van der Waals surface area contributed by atoms with Gasteiger partial charge < -0.3 is 10.5 Å². The maximum Gasteiger partial charge on any atom is 0.244 e. The van der Waals surface area contributed by atoms with Crippen LogP contribution in [-0.4, -0.2) is 33.1 Å². The highest BCUT2D eigenvalue weighted by molar-refractivity contribution is 7.99. The molecule has 0 aromatic heterocycles. The van der Waals surface area contributed by atoms with Gasteiger partial charge in [0.05, 0.1) is 6.61 Å². The molecule has 0 bridgehead atoms. The average molecular weight is 316 g/mol. The Kier molecular flexibility index (Phi) is 6.90. The second kappa shape index (κ2) is 8.18. The van der Waals surface area contributed by atoms with Crippen LogP contribution >= 0.6 is 11.8 Å². The van der Waals surface area contributed by atoms with Crippen LogP contribution in [0.4, 0.5) is 5.69 Å². The summed E-state index contributed by atoms with van der Waals surface area (Å²) in [5.74, 6) is 1.79. The van der Waals surface area contributed by atoms with E-state index in [2.05, 4.69) is 11.3 Å².